The Morgan fingerprint density at radius 1 is 1.03 bits per heavy atom. The highest BCUT2D eigenvalue weighted by Crippen LogP contribution is 2.25. The number of carbonyl (C=O) groups is 3. The van der Waals surface area contributed by atoms with E-state index in [0.29, 0.717) is 11.5 Å². The molecular weight excluding hydrogens is 464 g/mol. The summed E-state index contributed by atoms with van der Waals surface area (Å²) >= 11 is 0. The number of hydrogen-bond donors (Lipinski definition) is 2. The van der Waals surface area contributed by atoms with Crippen LogP contribution in [-0.4, -0.2) is 58.0 Å². The molecule has 1 aliphatic rings. The summed E-state index contributed by atoms with van der Waals surface area (Å²) in [5.41, 5.74) is 0.727. The first-order valence-corrected chi connectivity index (χ1v) is 11.6. The highest BCUT2D eigenvalue weighted by atomic mass is 32.2. The van der Waals surface area contributed by atoms with E-state index in [0.717, 1.165) is 9.87 Å². The highest BCUT2D eigenvalue weighted by molar-refractivity contribution is 7.95. The van der Waals surface area contributed by atoms with Crippen LogP contribution in [0.2, 0.25) is 0 Å². The average molecular weight is 489 g/mol. The van der Waals surface area contributed by atoms with Gasteiger partial charge in [-0.05, 0) is 48.9 Å². The number of benzene rings is 2. The maximum atomic E-state index is 13.5. The zero-order valence-electron chi connectivity index (χ0n) is 18.8. The van der Waals surface area contributed by atoms with Crippen molar-refractivity contribution in [1.29, 1.82) is 0 Å². The summed E-state index contributed by atoms with van der Waals surface area (Å²) in [6, 6.07) is 12.0. The van der Waals surface area contributed by atoms with E-state index in [2.05, 4.69) is 10.3 Å². The molecule has 1 heterocycles. The standard InChI is InChI=1S/C22H24N4O7S/c1-14-20(21(28)25-22(29)24-14)34(30,31)26(16-6-10-18(33-3)11-7-16)13-19(27)23-12-15-4-8-17(32-2)9-5-15/h4-11,20H,12-13H2,1-3H3,(H,23,27)(H,25,28,29). The summed E-state index contributed by atoms with van der Waals surface area (Å²) in [5.74, 6) is -0.497. The Balaban J connectivity index is 1.87. The van der Waals surface area contributed by atoms with E-state index in [1.54, 1.807) is 31.4 Å². The molecule has 34 heavy (non-hydrogen) atoms. The number of imide groups is 1. The van der Waals surface area contributed by atoms with Gasteiger partial charge >= 0.3 is 6.03 Å². The third-order valence-electron chi connectivity index (χ3n) is 5.03. The van der Waals surface area contributed by atoms with Gasteiger partial charge in [0, 0.05) is 6.54 Å². The van der Waals surface area contributed by atoms with Crippen molar-refractivity contribution in [3.05, 3.63) is 54.1 Å². The van der Waals surface area contributed by atoms with E-state index in [1.807, 2.05) is 5.32 Å². The third kappa shape index (κ3) is 5.52. The summed E-state index contributed by atoms with van der Waals surface area (Å²) in [6.45, 7) is 0.822. The molecule has 0 radical (unpaired) electrons. The maximum Gasteiger partial charge on any atom is 0.347 e. The molecule has 0 saturated heterocycles. The Labute approximate surface area is 196 Å². The van der Waals surface area contributed by atoms with Crippen LogP contribution in [0.1, 0.15) is 12.5 Å². The summed E-state index contributed by atoms with van der Waals surface area (Å²) in [4.78, 5) is 40.2. The van der Waals surface area contributed by atoms with Crippen LogP contribution in [0.3, 0.4) is 0 Å². The third-order valence-corrected chi connectivity index (χ3v) is 7.13. The van der Waals surface area contributed by atoms with Crippen molar-refractivity contribution in [2.24, 2.45) is 4.99 Å². The summed E-state index contributed by atoms with van der Waals surface area (Å²) < 4.78 is 38.0. The maximum absolute atomic E-state index is 13.5. The van der Waals surface area contributed by atoms with Crippen LogP contribution in [0, 0.1) is 0 Å². The predicted molar refractivity (Wildman–Crippen MR) is 125 cm³/mol. The SMILES string of the molecule is COc1ccc(CNC(=O)CN(c2ccc(OC)cc2)S(=O)(=O)C2C(=O)NC(=O)N=C2C)cc1. The fourth-order valence-electron chi connectivity index (χ4n) is 3.29. The molecular formula is C22H24N4O7S. The van der Waals surface area contributed by atoms with Crippen LogP contribution in [-0.2, 0) is 26.2 Å². The minimum atomic E-state index is -4.49. The molecule has 0 saturated carbocycles. The average Bonchev–Trinajstić information content (AvgIpc) is 2.80. The number of amides is 4. The summed E-state index contributed by atoms with van der Waals surface area (Å²) in [7, 11) is -1.49. The molecule has 0 bridgehead atoms. The smallest absolute Gasteiger partial charge is 0.347 e. The normalized spacial score (nSPS) is 15.7. The number of rotatable bonds is 9. The van der Waals surface area contributed by atoms with E-state index in [1.165, 1.54) is 38.3 Å². The van der Waals surface area contributed by atoms with Gasteiger partial charge in [-0.25, -0.2) is 18.2 Å². The highest BCUT2D eigenvalue weighted by Gasteiger charge is 2.43. The Morgan fingerprint density at radius 3 is 2.12 bits per heavy atom. The Kier molecular flexibility index (Phi) is 7.51. The van der Waals surface area contributed by atoms with Crippen LogP contribution in [0.4, 0.5) is 10.5 Å². The number of sulfonamides is 1. The lowest BCUT2D eigenvalue weighted by atomic mass is 10.2. The van der Waals surface area contributed by atoms with Crippen molar-refractivity contribution in [3.8, 4) is 11.5 Å². The van der Waals surface area contributed by atoms with Gasteiger partial charge in [0.25, 0.3) is 15.9 Å². The largest absolute Gasteiger partial charge is 0.497 e. The van der Waals surface area contributed by atoms with Gasteiger partial charge in [-0.2, -0.15) is 0 Å². The lowest BCUT2D eigenvalue weighted by molar-refractivity contribution is -0.120. The van der Waals surface area contributed by atoms with Crippen molar-refractivity contribution < 1.29 is 32.3 Å². The number of ether oxygens (including phenoxy) is 2. The second-order valence-corrected chi connectivity index (χ2v) is 9.24. The zero-order valence-corrected chi connectivity index (χ0v) is 19.6. The summed E-state index contributed by atoms with van der Waals surface area (Å²) in [5, 5.41) is 2.80. The van der Waals surface area contributed by atoms with E-state index in [9.17, 15) is 22.8 Å². The number of carbonyl (C=O) groups excluding carboxylic acids is 3. The number of hydrogen-bond acceptors (Lipinski definition) is 7. The first-order chi connectivity index (χ1) is 16.1. The van der Waals surface area contributed by atoms with Gasteiger partial charge in [-0.1, -0.05) is 12.1 Å². The number of methoxy groups -OCH3 is 2. The van der Waals surface area contributed by atoms with Gasteiger partial charge in [-0.3, -0.25) is 19.2 Å². The zero-order chi connectivity index (χ0) is 24.9. The molecule has 1 aliphatic heterocycles. The van der Waals surface area contributed by atoms with E-state index >= 15 is 0 Å². The molecule has 1 atom stereocenters. The minimum Gasteiger partial charge on any atom is -0.497 e. The van der Waals surface area contributed by atoms with Gasteiger partial charge in [0.1, 0.15) is 18.0 Å². The number of nitrogens with one attached hydrogen (secondary N) is 2. The fourth-order valence-corrected chi connectivity index (χ4v) is 5.07. The van der Waals surface area contributed by atoms with Gasteiger partial charge < -0.3 is 14.8 Å². The van der Waals surface area contributed by atoms with Crippen molar-refractivity contribution in [3.63, 3.8) is 0 Å². The number of aliphatic imine (C=N–C) groups is 1. The fraction of sp³-hybridized carbons (Fsp3) is 0.273. The van der Waals surface area contributed by atoms with E-state index in [4.69, 9.17) is 9.47 Å². The first kappa shape index (κ1) is 24.7. The predicted octanol–water partition coefficient (Wildman–Crippen LogP) is 1.24. The number of anilines is 1. The van der Waals surface area contributed by atoms with Crippen LogP contribution in [0.5, 0.6) is 11.5 Å². The molecule has 0 aromatic heterocycles. The molecule has 0 fully saturated rings. The molecule has 2 aromatic rings. The van der Waals surface area contributed by atoms with Crippen molar-refractivity contribution in [2.75, 3.05) is 25.1 Å². The van der Waals surface area contributed by atoms with E-state index < -0.39 is 39.7 Å². The summed E-state index contributed by atoms with van der Waals surface area (Å²) in [6.07, 6.45) is 0. The molecule has 2 N–H and O–H groups in total. The lowest BCUT2D eigenvalue weighted by Crippen LogP contribution is -2.55. The molecule has 0 spiro atoms. The first-order valence-electron chi connectivity index (χ1n) is 10.1. The van der Waals surface area contributed by atoms with E-state index in [-0.39, 0.29) is 17.9 Å². The molecule has 180 valence electrons. The molecule has 0 aliphatic carbocycles. The molecule has 11 nitrogen and oxygen atoms in total. The Hall–Kier alpha value is -3.93. The van der Waals surface area contributed by atoms with Gasteiger partial charge in [-0.15, -0.1) is 0 Å². The molecule has 1 unspecified atom stereocenters. The Morgan fingerprint density at radius 2 is 1.59 bits per heavy atom. The van der Waals surface area contributed by atoms with Crippen molar-refractivity contribution >= 4 is 39.3 Å². The molecule has 12 heteroatoms. The lowest BCUT2D eigenvalue weighted by Gasteiger charge is -2.29. The van der Waals surface area contributed by atoms with Crippen molar-refractivity contribution in [2.45, 2.75) is 18.7 Å². The minimum absolute atomic E-state index is 0.137. The van der Waals surface area contributed by atoms with Crippen molar-refractivity contribution in [1.82, 2.24) is 10.6 Å². The number of urea groups is 1. The molecule has 3 rings (SSSR count). The monoisotopic (exact) mass is 488 g/mol. The molecule has 2 aromatic carbocycles. The van der Waals surface area contributed by atoms with Gasteiger partial charge in [0.15, 0.2) is 5.25 Å². The quantitative estimate of drug-likeness (QED) is 0.540. The molecule has 4 amide bonds. The van der Waals surface area contributed by atoms with Crippen LogP contribution < -0.4 is 24.4 Å². The van der Waals surface area contributed by atoms with Crippen LogP contribution in [0.25, 0.3) is 0 Å². The van der Waals surface area contributed by atoms with Gasteiger partial charge in [0.2, 0.25) is 5.91 Å². The second kappa shape index (κ2) is 10.3. The topological polar surface area (TPSA) is 143 Å². The van der Waals surface area contributed by atoms with Crippen LogP contribution in [0.15, 0.2) is 53.5 Å². The second-order valence-electron chi connectivity index (χ2n) is 7.30. The van der Waals surface area contributed by atoms with Gasteiger partial charge in [0.05, 0.1) is 25.6 Å². The van der Waals surface area contributed by atoms with Crippen LogP contribution >= 0.6 is 0 Å². The Bertz CT molecular complexity index is 1210. The number of nitrogens with zero attached hydrogens (tertiary/aromatic N) is 2.